The highest BCUT2D eigenvalue weighted by Gasteiger charge is 2.29. The molecule has 8 rings (SSSR count). The van der Waals surface area contributed by atoms with E-state index in [4.69, 9.17) is 195 Å². The van der Waals surface area contributed by atoms with E-state index < -0.39 is 0 Å². The van der Waals surface area contributed by atoms with E-state index in [0.717, 1.165) is 215 Å². The molecule has 0 amide bonds. The van der Waals surface area contributed by atoms with Crippen LogP contribution in [-0.2, 0) is 19.3 Å². The van der Waals surface area contributed by atoms with Crippen molar-refractivity contribution >= 4 is 269 Å². The minimum Gasteiger partial charge on any atom is -0.385 e. The molecule has 0 saturated heterocycles. The van der Waals surface area contributed by atoms with Crippen molar-refractivity contribution in [3.05, 3.63) is 88.9 Å². The summed E-state index contributed by atoms with van der Waals surface area (Å²) in [7, 11) is 22.7. The van der Waals surface area contributed by atoms with E-state index in [-0.39, 0.29) is 0 Å². The van der Waals surface area contributed by atoms with Crippen LogP contribution in [0.15, 0.2) is 0 Å². The summed E-state index contributed by atoms with van der Waals surface area (Å²) in [5, 5.41) is 9.76. The van der Waals surface area contributed by atoms with E-state index in [1.165, 1.54) is 193 Å². The van der Waals surface area contributed by atoms with Gasteiger partial charge in [0.25, 0.3) is 0 Å². The van der Waals surface area contributed by atoms with Gasteiger partial charge >= 0.3 is 0 Å². The molecular weight excluding hydrogens is 2140 g/mol. The summed E-state index contributed by atoms with van der Waals surface area (Å²) in [6, 6.07) is 0. The third kappa shape index (κ3) is 48.8. The van der Waals surface area contributed by atoms with Crippen molar-refractivity contribution in [2.75, 3.05) is 221 Å². The molecule has 8 aromatic rings. The van der Waals surface area contributed by atoms with E-state index in [1.807, 2.05) is 35.2 Å². The Bertz CT molecular complexity index is 5970. The third-order valence-corrected chi connectivity index (χ3v) is 34.6. The van der Waals surface area contributed by atoms with Crippen molar-refractivity contribution in [2.45, 2.75) is 382 Å². The molecule has 0 aliphatic rings. The Morgan fingerprint density at radius 2 is 0.403 bits per heavy atom. The Balaban J connectivity index is 0.000000853. The van der Waals surface area contributed by atoms with Gasteiger partial charge in [0.15, 0.2) is 0 Å². The van der Waals surface area contributed by atoms with Gasteiger partial charge in [0.1, 0.15) is 0 Å². The van der Waals surface area contributed by atoms with E-state index >= 15 is 0 Å². The topological polar surface area (TPSA) is 68.5 Å². The van der Waals surface area contributed by atoms with E-state index in [9.17, 15) is 0 Å². The average Bonchev–Trinajstić information content (AvgIpc) is 0.750. The first-order valence-corrected chi connectivity index (χ1v) is 62.0. The molecule has 0 unspecified atom stereocenters. The van der Waals surface area contributed by atoms with Crippen molar-refractivity contribution in [1.29, 1.82) is 0 Å². The Morgan fingerprint density at radius 1 is 0.188 bits per heavy atom. The van der Waals surface area contributed by atoms with E-state index in [2.05, 4.69) is 322 Å². The maximum absolute atomic E-state index is 5.47. The van der Waals surface area contributed by atoms with Crippen LogP contribution >= 0.6 is 195 Å². The van der Waals surface area contributed by atoms with Crippen LogP contribution in [0.1, 0.15) is 379 Å². The minimum atomic E-state index is 0.407. The highest BCUT2D eigenvalue weighted by atomic mass is 32.1. The standard InChI is InChI=1S/C17H30N2S2.C17H29NS2.C16H28N2S2.2C15H26N2S2.C14H24N2S2.2C13H21NS2/c1-7-19(8-2)14-13(15(20)16(14)21)18(6)12-10-9-11-17(3,4)5;1-6-18(7-2)14-13(15(19)16(14)20)11-9-8-10-12-17(3,4)5;1-7-17(5)12-13(15(20)14(12)19)18(6)11-9-8-10-16(2,3)4;1-15(2,3)9-7-8-10-17(6)12-11(16(4)5)13(18)14(12)19;1-6-16-11-12(14(19)13(11)18)17(5)10-8-7-9-15(2,3)4;1-14(2,3)8-6-7-9-16(5)11-10(15-4)12(17)13(11)18;1-13(2,3)8-6-7-9-10(14(4)5)12(16)11(9)15;1-5-14-10-9(11(15)12(10)16)7-6-8-13(2,3)4/h7-12H2,1-6H3;6-12H2,1-5H3;7-11H2,1-6H3;7-10H2,1-6H3;16H,6-10H2,1-5H3;15H,6-9H2,1-5H3;6-8H2,1-5H3;14H,5-8H2,1-4H3. The fourth-order valence-corrected chi connectivity index (χ4v) is 23.4. The molecule has 0 spiro atoms. The van der Waals surface area contributed by atoms with Gasteiger partial charge in [-0.3, -0.25) is 0 Å². The van der Waals surface area contributed by atoms with Gasteiger partial charge < -0.3 is 64.9 Å². The van der Waals surface area contributed by atoms with Crippen molar-refractivity contribution in [1.82, 2.24) is 0 Å². The van der Waals surface area contributed by atoms with Crippen molar-refractivity contribution in [3.8, 4) is 0 Å². The molecule has 3 N–H and O–H groups in total. The predicted octanol–water partition coefficient (Wildman–Crippen LogP) is 40.5. The second-order valence-corrected chi connectivity index (χ2v) is 57.4. The highest BCUT2D eigenvalue weighted by Crippen LogP contribution is 2.44. The molecule has 0 radical (unpaired) electrons. The summed E-state index contributed by atoms with van der Waals surface area (Å²) in [6.45, 7) is 82.0. The van der Waals surface area contributed by atoms with Gasteiger partial charge in [-0.1, -0.05) is 407 Å². The summed E-state index contributed by atoms with van der Waals surface area (Å²) in [5.41, 5.74) is 22.3. The molecule has 0 saturated carbocycles. The molecule has 0 aliphatic carbocycles. The van der Waals surface area contributed by atoms with Crippen LogP contribution in [-0.4, -0.2) is 156 Å². The number of hydrogen-bond donors (Lipinski definition) is 3. The fourth-order valence-electron chi connectivity index (χ4n) is 18.0. The van der Waals surface area contributed by atoms with Crippen LogP contribution in [0.25, 0.3) is 0 Å². The highest BCUT2D eigenvalue weighted by molar-refractivity contribution is 7.76. The lowest BCUT2D eigenvalue weighted by atomic mass is 9.88. The van der Waals surface area contributed by atoms with E-state index in [1.54, 1.807) is 0 Å². The van der Waals surface area contributed by atoms with E-state index in [0.29, 0.717) is 43.3 Å². The quantitative estimate of drug-likeness (QED) is 0.0250. The lowest BCUT2D eigenvalue weighted by molar-refractivity contribution is 0.358. The van der Waals surface area contributed by atoms with Crippen LogP contribution < -0.4 is 64.9 Å². The summed E-state index contributed by atoms with van der Waals surface area (Å²) >= 11 is 85.5. The Hall–Kier alpha value is -3.24. The normalized spacial score (nSPS) is 11.9. The maximum atomic E-state index is 5.47. The molecule has 0 aromatic heterocycles. The third-order valence-electron chi connectivity index (χ3n) is 27.0. The van der Waals surface area contributed by atoms with Crippen molar-refractivity contribution in [2.24, 2.45) is 43.3 Å². The summed E-state index contributed by atoms with van der Waals surface area (Å²) in [6.07, 6.45) is 31.9. The summed E-state index contributed by atoms with van der Waals surface area (Å²) in [4.78, 5) is 22.3. The maximum Gasteiger partial charge on any atom is 0.0835 e. The van der Waals surface area contributed by atoms with Gasteiger partial charge in [0.2, 0.25) is 0 Å². The van der Waals surface area contributed by atoms with Crippen molar-refractivity contribution in [3.63, 3.8) is 0 Å². The minimum absolute atomic E-state index is 0.407. The molecule has 0 atom stereocenters. The number of hydrogen-bond acceptors (Lipinski definition) is 29. The van der Waals surface area contributed by atoms with Gasteiger partial charge in [-0.15, -0.1) is 0 Å². The smallest absolute Gasteiger partial charge is 0.0835 e. The molecule has 846 valence electrons. The van der Waals surface area contributed by atoms with Gasteiger partial charge in [-0.2, -0.15) is 0 Å². The molecule has 0 fully saturated rings. The number of unbranched alkanes of at least 4 members (excludes halogenated alkanes) is 7. The predicted molar refractivity (Wildman–Crippen MR) is 716 cm³/mol. The van der Waals surface area contributed by atoms with Gasteiger partial charge in [-0.05, 0) is 230 Å². The second kappa shape index (κ2) is 66.7. The van der Waals surface area contributed by atoms with Crippen LogP contribution in [0.3, 0.4) is 0 Å². The summed E-state index contributed by atoms with van der Waals surface area (Å²) < 4.78 is 14.0. The summed E-state index contributed by atoms with van der Waals surface area (Å²) in [5.74, 6) is 0. The van der Waals surface area contributed by atoms with Gasteiger partial charge in [-0.25, -0.2) is 0 Å². The van der Waals surface area contributed by atoms with Crippen molar-refractivity contribution < 1.29 is 0 Å². The Morgan fingerprint density at radius 3 is 0.711 bits per heavy atom. The Labute approximate surface area is 994 Å². The molecule has 13 nitrogen and oxygen atoms in total. The van der Waals surface area contributed by atoms with Crippen LogP contribution in [0.2, 0.25) is 0 Å². The largest absolute Gasteiger partial charge is 0.385 e. The Kier molecular flexibility index (Phi) is 64.4. The number of rotatable bonds is 51. The first kappa shape index (κ1) is 144. The molecule has 29 heteroatoms. The first-order chi connectivity index (χ1) is 68.5. The fraction of sp³-hybridized carbons (Fsp3) is 0.733. The van der Waals surface area contributed by atoms with Crippen LogP contribution in [0, 0.1) is 115 Å². The molecule has 0 aliphatic heterocycles. The molecule has 149 heavy (non-hydrogen) atoms. The zero-order valence-corrected chi connectivity index (χ0v) is 114. The zero-order valence-electron chi connectivity index (χ0n) is 101. The lowest BCUT2D eigenvalue weighted by Gasteiger charge is -2.32. The van der Waals surface area contributed by atoms with Crippen LogP contribution in [0.4, 0.5) is 73.9 Å². The lowest BCUT2D eigenvalue weighted by Crippen LogP contribution is -2.29. The van der Waals surface area contributed by atoms with Gasteiger partial charge in [0.05, 0.1) is 146 Å². The SMILES string of the molecule is CCN(C)c1c(N(C)CCCCC(C)(C)C)c(=S)c1=S.CCN(CC)c1c(CCCCCC(C)(C)C)c(=S)c1=S.CCN(CC)c1c(N(C)CCCCC(C)(C)C)c(=S)c1=S.CCNc1c(CCCC(C)(C)C)c(=S)c1=S.CCNc1c(N(C)CCCCC(C)(C)C)c(=S)c1=S.CN(C)c1c(CCCC(C)(C)C)c(=S)c1=S.CN(C)c1c(N(C)CCCCC(C)(C)C)c(=S)c1=S.CNc1c(N(C)CCCCC(C)(C)C)c(=S)c1=S. The monoisotopic (exact) mass is 2340 g/mol. The molecular formula is C120H205N13S16. The van der Waals surface area contributed by atoms with Gasteiger partial charge in [0, 0.05) is 156 Å². The molecule has 0 heterocycles. The van der Waals surface area contributed by atoms with Crippen LogP contribution in [0.5, 0.6) is 0 Å². The number of anilines is 13. The average molecular weight is 2340 g/mol. The second-order valence-electron chi connectivity index (χ2n) is 50.9. The first-order valence-electron chi connectivity index (χ1n) is 55.4. The molecule has 0 bridgehead atoms. The molecule has 8 aromatic carbocycles. The number of nitrogens with one attached hydrogen (secondary N) is 3. The number of nitrogens with zero attached hydrogens (tertiary/aromatic N) is 10. The zero-order chi connectivity index (χ0) is 115.